The third-order valence-electron chi connectivity index (χ3n) is 3.60. The molecule has 0 amide bonds. The van der Waals surface area contributed by atoms with E-state index >= 15 is 0 Å². The van der Waals surface area contributed by atoms with Gasteiger partial charge in [0.25, 0.3) is 0 Å². The quantitative estimate of drug-likeness (QED) is 0.685. The van der Waals surface area contributed by atoms with Gasteiger partial charge < -0.3 is 20.3 Å². The van der Waals surface area contributed by atoms with Crippen molar-refractivity contribution in [2.24, 2.45) is 5.41 Å². The van der Waals surface area contributed by atoms with Crippen molar-refractivity contribution < 1.29 is 14.9 Å². The highest BCUT2D eigenvalue weighted by Gasteiger charge is 2.18. The highest BCUT2D eigenvalue weighted by molar-refractivity contribution is 5.42. The maximum Gasteiger partial charge on any atom is 0.160 e. The van der Waals surface area contributed by atoms with Crippen LogP contribution in [0.3, 0.4) is 0 Å². The molecule has 0 aliphatic carbocycles. The van der Waals surface area contributed by atoms with Gasteiger partial charge in [-0.05, 0) is 42.9 Å². The Hall–Kier alpha value is -1.26. The summed E-state index contributed by atoms with van der Waals surface area (Å²) in [6.07, 6.45) is 1.82. The number of phenols is 1. The zero-order valence-electron chi connectivity index (χ0n) is 12.9. The Morgan fingerprint density at radius 2 is 2.05 bits per heavy atom. The molecule has 1 aromatic carbocycles. The first-order valence-electron chi connectivity index (χ1n) is 7.11. The molecule has 0 bridgehead atoms. The molecule has 0 fully saturated rings. The van der Waals surface area contributed by atoms with Crippen LogP contribution >= 0.6 is 0 Å². The van der Waals surface area contributed by atoms with Crippen LogP contribution in [0.5, 0.6) is 11.5 Å². The second kappa shape index (κ2) is 7.50. The predicted molar refractivity (Wildman–Crippen MR) is 81.2 cm³/mol. The molecular weight excluding hydrogens is 254 g/mol. The molecule has 1 unspecified atom stereocenters. The number of methoxy groups -OCH3 is 1. The van der Waals surface area contributed by atoms with Crippen LogP contribution in [0, 0.1) is 5.41 Å². The Morgan fingerprint density at radius 1 is 1.35 bits per heavy atom. The first-order valence-corrected chi connectivity index (χ1v) is 7.11. The van der Waals surface area contributed by atoms with Gasteiger partial charge in [0.05, 0.1) is 7.11 Å². The van der Waals surface area contributed by atoms with Crippen molar-refractivity contribution in [2.75, 3.05) is 20.3 Å². The minimum absolute atomic E-state index is 0.151. The Balaban J connectivity index is 2.60. The summed E-state index contributed by atoms with van der Waals surface area (Å²) in [5.74, 6) is 0.655. The zero-order chi connectivity index (χ0) is 15.2. The van der Waals surface area contributed by atoms with E-state index in [1.54, 1.807) is 13.2 Å². The van der Waals surface area contributed by atoms with Gasteiger partial charge >= 0.3 is 0 Å². The van der Waals surface area contributed by atoms with E-state index in [0.717, 1.165) is 24.9 Å². The van der Waals surface area contributed by atoms with Gasteiger partial charge in [-0.3, -0.25) is 0 Å². The van der Waals surface area contributed by atoms with Crippen molar-refractivity contribution in [1.82, 2.24) is 5.32 Å². The molecule has 0 heterocycles. The summed E-state index contributed by atoms with van der Waals surface area (Å²) in [7, 11) is 1.55. The monoisotopic (exact) mass is 281 g/mol. The van der Waals surface area contributed by atoms with Gasteiger partial charge in [-0.1, -0.05) is 19.9 Å². The third kappa shape index (κ3) is 5.02. The second-order valence-electron chi connectivity index (χ2n) is 6.03. The molecule has 4 heteroatoms. The lowest BCUT2D eigenvalue weighted by atomic mass is 9.87. The van der Waals surface area contributed by atoms with E-state index in [4.69, 9.17) is 9.84 Å². The number of hydrogen-bond acceptors (Lipinski definition) is 4. The van der Waals surface area contributed by atoms with Crippen molar-refractivity contribution in [3.05, 3.63) is 23.8 Å². The van der Waals surface area contributed by atoms with Gasteiger partial charge in [-0.15, -0.1) is 0 Å². The first-order chi connectivity index (χ1) is 9.39. The Labute approximate surface area is 121 Å². The number of nitrogens with one attached hydrogen (secondary N) is 1. The van der Waals surface area contributed by atoms with E-state index in [0.29, 0.717) is 5.75 Å². The van der Waals surface area contributed by atoms with Crippen molar-refractivity contribution in [3.8, 4) is 11.5 Å². The number of aliphatic hydroxyl groups excluding tert-OH is 1. The zero-order valence-corrected chi connectivity index (χ0v) is 12.9. The molecule has 0 aromatic heterocycles. The lowest BCUT2D eigenvalue weighted by molar-refractivity contribution is 0.233. The van der Waals surface area contributed by atoms with Crippen LogP contribution in [0.1, 0.15) is 45.2 Å². The molecule has 0 aliphatic heterocycles. The third-order valence-corrected chi connectivity index (χ3v) is 3.60. The SMILES string of the molecule is COc1cc(C(C)NCC(C)(C)CCCO)ccc1O. The van der Waals surface area contributed by atoms with Gasteiger partial charge in [0, 0.05) is 19.2 Å². The topological polar surface area (TPSA) is 61.7 Å². The van der Waals surface area contributed by atoms with Crippen LogP contribution in [0.25, 0.3) is 0 Å². The highest BCUT2D eigenvalue weighted by atomic mass is 16.5. The molecule has 0 aliphatic rings. The van der Waals surface area contributed by atoms with Gasteiger partial charge in [0.15, 0.2) is 11.5 Å². The number of benzene rings is 1. The van der Waals surface area contributed by atoms with Gasteiger partial charge in [0.1, 0.15) is 0 Å². The molecule has 1 atom stereocenters. The van der Waals surface area contributed by atoms with Crippen LogP contribution in [0.15, 0.2) is 18.2 Å². The average molecular weight is 281 g/mol. The maximum absolute atomic E-state index is 9.60. The van der Waals surface area contributed by atoms with E-state index in [1.807, 2.05) is 12.1 Å². The van der Waals surface area contributed by atoms with E-state index in [2.05, 4.69) is 26.1 Å². The largest absolute Gasteiger partial charge is 0.504 e. The smallest absolute Gasteiger partial charge is 0.160 e. The summed E-state index contributed by atoms with van der Waals surface area (Å²) < 4.78 is 5.13. The van der Waals surface area contributed by atoms with Crippen LogP contribution in [-0.4, -0.2) is 30.5 Å². The van der Waals surface area contributed by atoms with E-state index in [1.165, 1.54) is 0 Å². The van der Waals surface area contributed by atoms with Crippen LogP contribution < -0.4 is 10.1 Å². The molecule has 0 saturated heterocycles. The summed E-state index contributed by atoms with van der Waals surface area (Å²) in [5.41, 5.74) is 1.23. The normalized spacial score (nSPS) is 13.2. The predicted octanol–water partition coefficient (Wildman–Crippen LogP) is 2.85. The van der Waals surface area contributed by atoms with Gasteiger partial charge in [0.2, 0.25) is 0 Å². The van der Waals surface area contributed by atoms with Crippen LogP contribution in [0.4, 0.5) is 0 Å². The molecule has 3 N–H and O–H groups in total. The molecular formula is C16H27NO3. The average Bonchev–Trinajstić information content (AvgIpc) is 2.43. The summed E-state index contributed by atoms with van der Waals surface area (Å²) in [6.45, 7) is 7.60. The summed E-state index contributed by atoms with van der Waals surface area (Å²) in [4.78, 5) is 0. The molecule has 1 rings (SSSR count). The number of phenolic OH excluding ortho intramolecular Hbond substituents is 1. The molecule has 114 valence electrons. The molecule has 4 nitrogen and oxygen atoms in total. The number of aromatic hydroxyl groups is 1. The van der Waals surface area contributed by atoms with Crippen LogP contribution in [0.2, 0.25) is 0 Å². The summed E-state index contributed by atoms with van der Waals surface area (Å²) in [6, 6.07) is 5.59. The summed E-state index contributed by atoms with van der Waals surface area (Å²) >= 11 is 0. The maximum atomic E-state index is 9.60. The minimum Gasteiger partial charge on any atom is -0.504 e. The fourth-order valence-corrected chi connectivity index (χ4v) is 2.16. The van der Waals surface area contributed by atoms with Crippen molar-refractivity contribution in [3.63, 3.8) is 0 Å². The Morgan fingerprint density at radius 3 is 2.65 bits per heavy atom. The number of aliphatic hydroxyl groups is 1. The Bertz CT molecular complexity index is 418. The van der Waals surface area contributed by atoms with Gasteiger partial charge in [-0.25, -0.2) is 0 Å². The minimum atomic E-state index is 0.151. The van der Waals surface area contributed by atoms with E-state index in [9.17, 15) is 5.11 Å². The fourth-order valence-electron chi connectivity index (χ4n) is 2.16. The number of rotatable bonds is 8. The lowest BCUT2D eigenvalue weighted by Gasteiger charge is -2.27. The van der Waals surface area contributed by atoms with E-state index < -0.39 is 0 Å². The van der Waals surface area contributed by atoms with Crippen molar-refractivity contribution in [1.29, 1.82) is 0 Å². The second-order valence-corrected chi connectivity index (χ2v) is 6.03. The fraction of sp³-hybridized carbons (Fsp3) is 0.625. The molecule has 0 radical (unpaired) electrons. The highest BCUT2D eigenvalue weighted by Crippen LogP contribution is 2.29. The summed E-state index contributed by atoms with van der Waals surface area (Å²) in [5, 5.41) is 22.0. The number of hydrogen-bond donors (Lipinski definition) is 3. The van der Waals surface area contributed by atoms with Crippen molar-refractivity contribution in [2.45, 2.75) is 39.7 Å². The first kappa shape index (κ1) is 16.8. The lowest BCUT2D eigenvalue weighted by Crippen LogP contribution is -2.31. The molecule has 0 saturated carbocycles. The molecule has 0 spiro atoms. The van der Waals surface area contributed by atoms with Gasteiger partial charge in [-0.2, -0.15) is 0 Å². The molecule has 1 aromatic rings. The van der Waals surface area contributed by atoms with E-state index in [-0.39, 0.29) is 23.8 Å². The number of ether oxygens (including phenoxy) is 1. The Kier molecular flexibility index (Phi) is 6.30. The molecule has 20 heavy (non-hydrogen) atoms. The van der Waals surface area contributed by atoms with Crippen LogP contribution in [-0.2, 0) is 0 Å². The van der Waals surface area contributed by atoms with Crippen molar-refractivity contribution >= 4 is 0 Å². The standard InChI is InChI=1S/C16H27NO3/c1-12(17-11-16(2,3)8-5-9-18)13-6-7-14(19)15(10-13)20-4/h6-7,10,12,17-19H,5,8-9,11H2,1-4H3.